The number of ether oxygens (including phenoxy) is 1. The lowest BCUT2D eigenvalue weighted by molar-refractivity contribution is -0.120. The van der Waals surface area contributed by atoms with Crippen LogP contribution in [0.5, 0.6) is 5.75 Å². The smallest absolute Gasteiger partial charge is 0.133 e. The van der Waals surface area contributed by atoms with Crippen LogP contribution < -0.4 is 4.74 Å². The summed E-state index contributed by atoms with van der Waals surface area (Å²) >= 11 is 0. The van der Waals surface area contributed by atoms with E-state index in [2.05, 4.69) is 6.07 Å². The second-order valence-electron chi connectivity index (χ2n) is 3.85. The van der Waals surface area contributed by atoms with E-state index in [1.165, 1.54) is 11.1 Å². The van der Waals surface area contributed by atoms with E-state index in [9.17, 15) is 4.79 Å². The molecule has 0 heterocycles. The molecule has 74 valence electrons. The van der Waals surface area contributed by atoms with Crippen molar-refractivity contribution < 1.29 is 9.53 Å². The fourth-order valence-corrected chi connectivity index (χ4v) is 2.01. The van der Waals surface area contributed by atoms with Crippen LogP contribution >= 0.6 is 0 Å². The Labute approximate surface area is 83.9 Å². The maximum absolute atomic E-state index is 11.2. The van der Waals surface area contributed by atoms with Gasteiger partial charge in [-0.1, -0.05) is 6.07 Å². The maximum Gasteiger partial charge on any atom is 0.133 e. The second kappa shape index (κ2) is 3.45. The van der Waals surface area contributed by atoms with E-state index < -0.39 is 0 Å². The summed E-state index contributed by atoms with van der Waals surface area (Å²) in [4.78, 5) is 11.2. The lowest BCUT2D eigenvalue weighted by atomic mass is 10.0. The molecule has 14 heavy (non-hydrogen) atoms. The van der Waals surface area contributed by atoms with Gasteiger partial charge in [0, 0.05) is 5.92 Å². The van der Waals surface area contributed by atoms with Gasteiger partial charge in [0.05, 0.1) is 7.11 Å². The molecule has 0 N–H and O–H groups in total. The summed E-state index contributed by atoms with van der Waals surface area (Å²) in [6.45, 7) is 1.67. The molecule has 2 nitrogen and oxygen atoms in total. The third-order valence-electron chi connectivity index (χ3n) is 2.92. The van der Waals surface area contributed by atoms with Gasteiger partial charge in [-0.05, 0) is 43.0 Å². The summed E-state index contributed by atoms with van der Waals surface area (Å²) in [5, 5.41) is 0. The molecule has 0 saturated carbocycles. The fourth-order valence-electron chi connectivity index (χ4n) is 2.01. The van der Waals surface area contributed by atoms with Gasteiger partial charge in [0.1, 0.15) is 11.5 Å². The molecule has 0 aromatic heterocycles. The molecule has 1 atom stereocenters. The predicted octanol–water partition coefficient (Wildman–Crippen LogP) is 2.00. The van der Waals surface area contributed by atoms with Gasteiger partial charge in [0.15, 0.2) is 0 Å². The van der Waals surface area contributed by atoms with Crippen molar-refractivity contribution in [3.63, 3.8) is 0 Å². The van der Waals surface area contributed by atoms with Crippen molar-refractivity contribution in [3.05, 3.63) is 29.3 Å². The van der Waals surface area contributed by atoms with E-state index in [1.54, 1.807) is 14.0 Å². The molecule has 0 aliphatic heterocycles. The van der Waals surface area contributed by atoms with Crippen molar-refractivity contribution in [2.24, 2.45) is 5.92 Å². The molecule has 0 amide bonds. The summed E-state index contributed by atoms with van der Waals surface area (Å²) in [7, 11) is 1.67. The minimum atomic E-state index is 0.192. The monoisotopic (exact) mass is 190 g/mol. The number of benzene rings is 1. The molecule has 0 spiro atoms. The van der Waals surface area contributed by atoms with Gasteiger partial charge in [-0.3, -0.25) is 4.79 Å². The van der Waals surface area contributed by atoms with E-state index in [0.29, 0.717) is 5.78 Å². The van der Waals surface area contributed by atoms with Crippen molar-refractivity contribution in [1.82, 2.24) is 0 Å². The normalized spacial score (nSPS) is 19.1. The summed E-state index contributed by atoms with van der Waals surface area (Å²) in [5.41, 5.74) is 2.57. The molecule has 2 rings (SSSR count). The first-order chi connectivity index (χ1) is 6.70. The Balaban J connectivity index is 2.27. The molecule has 1 unspecified atom stereocenters. The number of rotatable bonds is 2. The van der Waals surface area contributed by atoms with E-state index in [0.717, 1.165) is 18.6 Å². The number of fused-ring (bicyclic) bond motifs is 1. The highest BCUT2D eigenvalue weighted by molar-refractivity contribution is 5.80. The third kappa shape index (κ3) is 1.52. The third-order valence-corrected chi connectivity index (χ3v) is 2.92. The number of carbonyl (C=O) groups is 1. The number of hydrogen-bond donors (Lipinski definition) is 0. The van der Waals surface area contributed by atoms with Crippen LogP contribution in [0.3, 0.4) is 0 Å². The van der Waals surface area contributed by atoms with E-state index in [1.807, 2.05) is 12.1 Å². The second-order valence-corrected chi connectivity index (χ2v) is 3.85. The van der Waals surface area contributed by atoms with Gasteiger partial charge >= 0.3 is 0 Å². The number of methoxy groups -OCH3 is 1. The van der Waals surface area contributed by atoms with Crippen LogP contribution in [0.4, 0.5) is 0 Å². The van der Waals surface area contributed by atoms with Crippen LogP contribution in [0.2, 0.25) is 0 Å². The number of ketones is 1. The first kappa shape index (κ1) is 9.25. The van der Waals surface area contributed by atoms with Crippen LogP contribution in [0.15, 0.2) is 18.2 Å². The Bertz CT molecular complexity index is 369. The lowest BCUT2D eigenvalue weighted by Gasteiger charge is -2.02. The Morgan fingerprint density at radius 1 is 1.36 bits per heavy atom. The van der Waals surface area contributed by atoms with Gasteiger partial charge < -0.3 is 4.74 Å². The van der Waals surface area contributed by atoms with Crippen molar-refractivity contribution >= 4 is 5.78 Å². The molecule has 0 fully saturated rings. The number of Topliss-reactive ketones (excluding diaryl/α,β-unsaturated/α-hetero) is 1. The Morgan fingerprint density at radius 2 is 2.07 bits per heavy atom. The number of carbonyl (C=O) groups excluding carboxylic acids is 1. The fraction of sp³-hybridized carbons (Fsp3) is 0.417. The molecular formula is C12H14O2. The van der Waals surface area contributed by atoms with Crippen LogP contribution in [-0.2, 0) is 17.6 Å². The van der Waals surface area contributed by atoms with E-state index in [-0.39, 0.29) is 5.92 Å². The van der Waals surface area contributed by atoms with Crippen LogP contribution in [0, 0.1) is 5.92 Å². The molecule has 0 bridgehead atoms. The molecule has 1 aromatic rings. The lowest BCUT2D eigenvalue weighted by Crippen LogP contribution is -2.09. The zero-order valence-corrected chi connectivity index (χ0v) is 8.54. The zero-order valence-electron chi connectivity index (χ0n) is 8.54. The average Bonchev–Trinajstić information content (AvgIpc) is 2.59. The van der Waals surface area contributed by atoms with Gasteiger partial charge in [-0.15, -0.1) is 0 Å². The summed E-state index contributed by atoms with van der Waals surface area (Å²) in [6, 6.07) is 6.07. The quantitative estimate of drug-likeness (QED) is 0.713. The topological polar surface area (TPSA) is 26.3 Å². The molecule has 0 saturated heterocycles. The highest BCUT2D eigenvalue weighted by Gasteiger charge is 2.24. The standard InChI is InChI=1S/C12H14O2/c1-8(13)10-5-9-3-4-12(14-2)7-11(9)6-10/h3-4,7,10H,5-6H2,1-2H3. The van der Waals surface area contributed by atoms with Crippen molar-refractivity contribution in [2.75, 3.05) is 7.11 Å². The molecule has 1 aromatic carbocycles. The van der Waals surface area contributed by atoms with Crippen molar-refractivity contribution in [1.29, 1.82) is 0 Å². The minimum absolute atomic E-state index is 0.192. The van der Waals surface area contributed by atoms with Gasteiger partial charge in [0.2, 0.25) is 0 Å². The van der Waals surface area contributed by atoms with Crippen LogP contribution in [0.25, 0.3) is 0 Å². The highest BCUT2D eigenvalue weighted by Crippen LogP contribution is 2.30. The Hall–Kier alpha value is -1.31. The zero-order chi connectivity index (χ0) is 10.1. The molecule has 1 aliphatic carbocycles. The summed E-state index contributed by atoms with van der Waals surface area (Å²) < 4.78 is 5.15. The first-order valence-electron chi connectivity index (χ1n) is 4.87. The minimum Gasteiger partial charge on any atom is -0.497 e. The molecular weight excluding hydrogens is 176 g/mol. The Kier molecular flexibility index (Phi) is 2.28. The van der Waals surface area contributed by atoms with Gasteiger partial charge in [-0.2, -0.15) is 0 Å². The van der Waals surface area contributed by atoms with Crippen LogP contribution in [0.1, 0.15) is 18.1 Å². The molecule has 0 radical (unpaired) electrons. The summed E-state index contributed by atoms with van der Waals surface area (Å²) in [5.74, 6) is 1.37. The average molecular weight is 190 g/mol. The molecule has 2 heteroatoms. The first-order valence-corrected chi connectivity index (χ1v) is 4.87. The maximum atomic E-state index is 11.2. The number of hydrogen-bond acceptors (Lipinski definition) is 2. The van der Waals surface area contributed by atoms with Gasteiger partial charge in [0.25, 0.3) is 0 Å². The van der Waals surface area contributed by atoms with Crippen molar-refractivity contribution in [2.45, 2.75) is 19.8 Å². The van der Waals surface area contributed by atoms with E-state index in [4.69, 9.17) is 4.74 Å². The van der Waals surface area contributed by atoms with Crippen LogP contribution in [-0.4, -0.2) is 12.9 Å². The highest BCUT2D eigenvalue weighted by atomic mass is 16.5. The van der Waals surface area contributed by atoms with E-state index >= 15 is 0 Å². The SMILES string of the molecule is COc1ccc2c(c1)CC(C(C)=O)C2. The predicted molar refractivity (Wildman–Crippen MR) is 54.6 cm³/mol. The largest absolute Gasteiger partial charge is 0.497 e. The van der Waals surface area contributed by atoms with Crippen molar-refractivity contribution in [3.8, 4) is 5.75 Å². The van der Waals surface area contributed by atoms with Gasteiger partial charge in [-0.25, -0.2) is 0 Å². The summed E-state index contributed by atoms with van der Waals surface area (Å²) in [6.07, 6.45) is 1.77. The molecule has 1 aliphatic rings. The Morgan fingerprint density at radius 3 is 2.71 bits per heavy atom.